The highest BCUT2D eigenvalue weighted by molar-refractivity contribution is 9.11. The molecule has 2 heterocycles. The molecule has 6 heteroatoms. The first-order valence-corrected chi connectivity index (χ1v) is 5.79. The lowest BCUT2D eigenvalue weighted by molar-refractivity contribution is 0.926. The summed E-state index contributed by atoms with van der Waals surface area (Å²) in [5, 5.41) is 0. The van der Waals surface area contributed by atoms with E-state index in [0.717, 1.165) is 20.6 Å². The van der Waals surface area contributed by atoms with Crippen molar-refractivity contribution in [2.24, 2.45) is 0 Å². The van der Waals surface area contributed by atoms with E-state index in [1.807, 2.05) is 17.7 Å². The van der Waals surface area contributed by atoms with Crippen molar-refractivity contribution in [1.29, 1.82) is 0 Å². The highest BCUT2D eigenvalue weighted by Crippen LogP contribution is 2.31. The molecular formula is C9H8Br2N4. The number of pyridine rings is 1. The number of aromatic nitrogens is 3. The Hall–Kier alpha value is -0.880. The molecule has 0 amide bonds. The third kappa shape index (κ3) is 1.79. The Labute approximate surface area is 104 Å². The Morgan fingerprint density at radius 2 is 2.07 bits per heavy atom. The average Bonchev–Trinajstić information content (AvgIpc) is 2.62. The van der Waals surface area contributed by atoms with Crippen molar-refractivity contribution in [1.82, 2.24) is 14.5 Å². The van der Waals surface area contributed by atoms with Crippen LogP contribution in [-0.2, 0) is 0 Å². The summed E-state index contributed by atoms with van der Waals surface area (Å²) in [4.78, 5) is 8.43. The largest absolute Gasteiger partial charge is 0.397 e. The first-order valence-electron chi connectivity index (χ1n) is 4.21. The second-order valence-corrected chi connectivity index (χ2v) is 4.65. The van der Waals surface area contributed by atoms with E-state index in [1.165, 1.54) is 0 Å². The van der Waals surface area contributed by atoms with Gasteiger partial charge in [-0.15, -0.1) is 0 Å². The zero-order valence-corrected chi connectivity index (χ0v) is 11.1. The van der Waals surface area contributed by atoms with Crippen LogP contribution in [0.3, 0.4) is 0 Å². The maximum Gasteiger partial charge on any atom is 0.154 e. The topological polar surface area (TPSA) is 56.7 Å². The van der Waals surface area contributed by atoms with Gasteiger partial charge in [-0.05, 0) is 38.8 Å². The highest BCUT2D eigenvalue weighted by Gasteiger charge is 2.11. The smallest absolute Gasteiger partial charge is 0.154 e. The molecule has 0 spiro atoms. The standard InChI is InChI=1S/C9H8Br2N4/c1-5-13-2-3-15(5)9-7(11)8(12)6(10)4-14-9/h2-4H,1H3,(H2,12,14). The number of rotatable bonds is 1. The molecule has 0 saturated heterocycles. The monoisotopic (exact) mass is 330 g/mol. The average molecular weight is 332 g/mol. The number of anilines is 1. The van der Waals surface area contributed by atoms with Crippen molar-refractivity contribution in [3.63, 3.8) is 0 Å². The summed E-state index contributed by atoms with van der Waals surface area (Å²) in [5.74, 6) is 1.61. The summed E-state index contributed by atoms with van der Waals surface area (Å²) in [6.45, 7) is 1.91. The van der Waals surface area contributed by atoms with Crippen molar-refractivity contribution >= 4 is 37.5 Å². The predicted molar refractivity (Wildman–Crippen MR) is 65.9 cm³/mol. The number of aryl methyl sites for hydroxylation is 1. The molecule has 0 aliphatic carbocycles. The molecular weight excluding hydrogens is 324 g/mol. The summed E-state index contributed by atoms with van der Waals surface area (Å²) < 4.78 is 3.40. The van der Waals surface area contributed by atoms with Crippen LogP contribution in [0.15, 0.2) is 27.5 Å². The Balaban J connectivity index is 2.65. The zero-order chi connectivity index (χ0) is 11.0. The number of nitrogen functional groups attached to an aromatic ring is 1. The molecule has 0 aromatic carbocycles. The molecule has 0 aliphatic rings. The van der Waals surface area contributed by atoms with Crippen molar-refractivity contribution in [2.45, 2.75) is 6.92 Å². The molecule has 2 aromatic rings. The van der Waals surface area contributed by atoms with Crippen LogP contribution in [0.1, 0.15) is 5.82 Å². The number of hydrogen-bond acceptors (Lipinski definition) is 3. The minimum atomic E-state index is 0.633. The fraction of sp³-hybridized carbons (Fsp3) is 0.111. The van der Waals surface area contributed by atoms with Crippen molar-refractivity contribution in [2.75, 3.05) is 5.73 Å². The third-order valence-corrected chi connectivity index (χ3v) is 3.46. The van der Waals surface area contributed by atoms with Gasteiger partial charge in [0, 0.05) is 18.6 Å². The van der Waals surface area contributed by atoms with E-state index in [9.17, 15) is 0 Å². The lowest BCUT2D eigenvalue weighted by Crippen LogP contribution is -2.02. The molecule has 0 saturated carbocycles. The quantitative estimate of drug-likeness (QED) is 0.874. The molecule has 2 N–H and O–H groups in total. The van der Waals surface area contributed by atoms with Gasteiger partial charge < -0.3 is 5.73 Å². The Kier molecular flexibility index (Phi) is 2.79. The molecule has 0 unspecified atom stereocenters. The van der Waals surface area contributed by atoms with E-state index in [4.69, 9.17) is 5.73 Å². The van der Waals surface area contributed by atoms with Crippen LogP contribution in [-0.4, -0.2) is 14.5 Å². The van der Waals surface area contributed by atoms with E-state index in [1.54, 1.807) is 12.4 Å². The van der Waals surface area contributed by atoms with Crippen molar-refractivity contribution in [3.8, 4) is 5.82 Å². The zero-order valence-electron chi connectivity index (χ0n) is 7.91. The van der Waals surface area contributed by atoms with Crippen LogP contribution < -0.4 is 5.73 Å². The Morgan fingerprint density at radius 3 is 2.67 bits per heavy atom. The molecule has 2 aromatic heterocycles. The predicted octanol–water partition coefficient (Wildman–Crippen LogP) is 2.68. The van der Waals surface area contributed by atoms with Gasteiger partial charge >= 0.3 is 0 Å². The van der Waals surface area contributed by atoms with Gasteiger partial charge in [0.15, 0.2) is 5.82 Å². The van der Waals surface area contributed by atoms with Gasteiger partial charge in [0.1, 0.15) is 5.82 Å². The third-order valence-electron chi connectivity index (χ3n) is 2.04. The molecule has 0 radical (unpaired) electrons. The highest BCUT2D eigenvalue weighted by atomic mass is 79.9. The number of halogens is 2. The second kappa shape index (κ2) is 3.94. The van der Waals surface area contributed by atoms with Gasteiger partial charge in [-0.1, -0.05) is 0 Å². The number of hydrogen-bond donors (Lipinski definition) is 1. The molecule has 0 bridgehead atoms. The fourth-order valence-corrected chi connectivity index (χ4v) is 2.31. The summed E-state index contributed by atoms with van der Waals surface area (Å²) >= 11 is 6.74. The van der Waals surface area contributed by atoms with Gasteiger partial charge in [-0.3, -0.25) is 4.57 Å². The van der Waals surface area contributed by atoms with Crippen LogP contribution in [0.2, 0.25) is 0 Å². The van der Waals surface area contributed by atoms with Crippen LogP contribution in [0, 0.1) is 6.92 Å². The minimum Gasteiger partial charge on any atom is -0.397 e. The van der Waals surface area contributed by atoms with Gasteiger partial charge in [-0.2, -0.15) is 0 Å². The van der Waals surface area contributed by atoms with Crippen molar-refractivity contribution < 1.29 is 0 Å². The molecule has 0 fully saturated rings. The summed E-state index contributed by atoms with van der Waals surface area (Å²) in [7, 11) is 0. The normalized spacial score (nSPS) is 10.6. The lowest BCUT2D eigenvalue weighted by atomic mass is 10.4. The maximum atomic E-state index is 5.87. The van der Waals surface area contributed by atoms with E-state index in [0.29, 0.717) is 5.69 Å². The number of nitrogens with two attached hydrogens (primary N) is 1. The molecule has 4 nitrogen and oxygen atoms in total. The molecule has 0 atom stereocenters. The van der Waals surface area contributed by atoms with Crippen LogP contribution in [0.4, 0.5) is 5.69 Å². The minimum absolute atomic E-state index is 0.633. The first kappa shape index (κ1) is 10.6. The number of imidazole rings is 1. The summed E-state index contributed by atoms with van der Waals surface area (Å²) in [6, 6.07) is 0. The second-order valence-electron chi connectivity index (χ2n) is 3.00. The number of nitrogens with zero attached hydrogens (tertiary/aromatic N) is 3. The molecule has 2 rings (SSSR count). The summed E-state index contributed by atoms with van der Waals surface area (Å²) in [5.41, 5.74) is 6.50. The van der Waals surface area contributed by atoms with E-state index >= 15 is 0 Å². The van der Waals surface area contributed by atoms with Crippen molar-refractivity contribution in [3.05, 3.63) is 33.4 Å². The van der Waals surface area contributed by atoms with Gasteiger partial charge in [0.2, 0.25) is 0 Å². The van der Waals surface area contributed by atoms with E-state index < -0.39 is 0 Å². The van der Waals surface area contributed by atoms with E-state index in [-0.39, 0.29) is 0 Å². The first-order chi connectivity index (χ1) is 7.11. The van der Waals surface area contributed by atoms with Gasteiger partial charge in [-0.25, -0.2) is 9.97 Å². The van der Waals surface area contributed by atoms with Crippen LogP contribution in [0.25, 0.3) is 5.82 Å². The van der Waals surface area contributed by atoms with Crippen LogP contribution in [0.5, 0.6) is 0 Å². The van der Waals surface area contributed by atoms with Gasteiger partial charge in [0.05, 0.1) is 14.6 Å². The Morgan fingerprint density at radius 1 is 1.33 bits per heavy atom. The molecule has 15 heavy (non-hydrogen) atoms. The molecule has 0 aliphatic heterocycles. The van der Waals surface area contributed by atoms with Crippen LogP contribution >= 0.6 is 31.9 Å². The van der Waals surface area contributed by atoms with Gasteiger partial charge in [0.25, 0.3) is 0 Å². The molecule has 78 valence electrons. The fourth-order valence-electron chi connectivity index (χ4n) is 1.24. The maximum absolute atomic E-state index is 5.87. The van der Waals surface area contributed by atoms with E-state index in [2.05, 4.69) is 41.8 Å². The SMILES string of the molecule is Cc1nccn1-c1ncc(Br)c(N)c1Br. The Bertz CT molecular complexity index is 507. The summed E-state index contributed by atoms with van der Waals surface area (Å²) in [6.07, 6.45) is 5.24. The lowest BCUT2D eigenvalue weighted by Gasteiger charge is -2.09.